The molecule has 0 aliphatic heterocycles. The van der Waals surface area contributed by atoms with Gasteiger partial charge in [0.15, 0.2) is 0 Å². The van der Waals surface area contributed by atoms with E-state index in [0.29, 0.717) is 13.0 Å². The molecule has 0 aliphatic carbocycles. The third-order valence-electron chi connectivity index (χ3n) is 3.09. The average Bonchev–Trinajstić information content (AvgIpc) is 2.91. The Hall–Kier alpha value is -1.04. The number of aromatic amines is 1. The Morgan fingerprint density at radius 1 is 1.19 bits per heavy atom. The van der Waals surface area contributed by atoms with Crippen LogP contribution in [0.4, 0.5) is 0 Å². The van der Waals surface area contributed by atoms with Gasteiger partial charge in [-0.2, -0.15) is 0 Å². The molecule has 5 nitrogen and oxygen atoms in total. The van der Waals surface area contributed by atoms with Gasteiger partial charge in [0.1, 0.15) is 5.82 Å². The van der Waals surface area contributed by atoms with Crippen molar-refractivity contribution in [2.75, 3.05) is 12.4 Å². The Kier molecular flexibility index (Phi) is 9.95. The molecule has 0 saturated heterocycles. The van der Waals surface area contributed by atoms with Crippen LogP contribution in [0.25, 0.3) is 0 Å². The molecule has 0 atom stereocenters. The summed E-state index contributed by atoms with van der Waals surface area (Å²) in [4.78, 5) is 15.6. The van der Waals surface area contributed by atoms with Crippen LogP contribution < -0.4 is 0 Å². The molecular formula is C15H27N3O2S. The Morgan fingerprint density at radius 3 is 2.81 bits per heavy atom. The highest BCUT2D eigenvalue weighted by Crippen LogP contribution is 2.16. The van der Waals surface area contributed by atoms with Gasteiger partial charge in [-0.15, -0.1) is 5.10 Å². The van der Waals surface area contributed by atoms with Gasteiger partial charge < -0.3 is 4.74 Å². The highest BCUT2D eigenvalue weighted by Gasteiger charge is 2.04. The fourth-order valence-corrected chi connectivity index (χ4v) is 2.76. The lowest BCUT2D eigenvalue weighted by atomic mass is 10.2. The summed E-state index contributed by atoms with van der Waals surface area (Å²) in [5.74, 6) is 1.90. The van der Waals surface area contributed by atoms with Crippen molar-refractivity contribution in [1.82, 2.24) is 15.2 Å². The van der Waals surface area contributed by atoms with Gasteiger partial charge in [0.2, 0.25) is 5.16 Å². The van der Waals surface area contributed by atoms with Crippen molar-refractivity contribution in [3.63, 3.8) is 0 Å². The van der Waals surface area contributed by atoms with Crippen LogP contribution in [0.2, 0.25) is 0 Å². The molecule has 0 unspecified atom stereocenters. The highest BCUT2D eigenvalue weighted by atomic mass is 32.2. The third kappa shape index (κ3) is 8.75. The van der Waals surface area contributed by atoms with Gasteiger partial charge in [0, 0.05) is 18.6 Å². The zero-order valence-corrected chi connectivity index (χ0v) is 14.0. The van der Waals surface area contributed by atoms with Gasteiger partial charge in [0.05, 0.1) is 6.61 Å². The lowest BCUT2D eigenvalue weighted by Gasteiger charge is -2.01. The van der Waals surface area contributed by atoms with Crippen LogP contribution in [0, 0.1) is 0 Å². The standard InChI is InChI=1S/C15H27N3O2S/c1-3-5-7-10-13-16-15(18-17-13)21-12-9-6-8-11-14(19)20-4-2/h3-12H2,1-2H3,(H,16,17,18). The van der Waals surface area contributed by atoms with Crippen molar-refractivity contribution in [3.05, 3.63) is 5.82 Å². The van der Waals surface area contributed by atoms with Crippen molar-refractivity contribution >= 4 is 17.7 Å². The SMILES string of the molecule is CCCCCc1nc(SCCCCCC(=O)OCC)n[nH]1. The summed E-state index contributed by atoms with van der Waals surface area (Å²) in [6, 6.07) is 0. The number of unbranched alkanes of at least 4 members (excludes halogenated alkanes) is 4. The molecule has 1 rings (SSSR count). The van der Waals surface area contributed by atoms with E-state index in [1.54, 1.807) is 11.8 Å². The zero-order valence-electron chi connectivity index (χ0n) is 13.2. The lowest BCUT2D eigenvalue weighted by Crippen LogP contribution is -2.03. The van der Waals surface area contributed by atoms with Crippen molar-refractivity contribution in [1.29, 1.82) is 0 Å². The molecule has 0 amide bonds. The summed E-state index contributed by atoms with van der Waals surface area (Å²) >= 11 is 1.68. The Morgan fingerprint density at radius 2 is 2.05 bits per heavy atom. The number of thioether (sulfide) groups is 1. The van der Waals surface area contributed by atoms with Gasteiger partial charge in [-0.05, 0) is 26.2 Å². The number of nitrogens with one attached hydrogen (secondary N) is 1. The maximum atomic E-state index is 11.2. The first-order valence-corrected chi connectivity index (χ1v) is 8.94. The summed E-state index contributed by atoms with van der Waals surface area (Å²) in [6.45, 7) is 4.51. The van der Waals surface area contributed by atoms with Gasteiger partial charge in [-0.1, -0.05) is 37.9 Å². The normalized spacial score (nSPS) is 10.8. The van der Waals surface area contributed by atoms with E-state index >= 15 is 0 Å². The van der Waals surface area contributed by atoms with Crippen LogP contribution >= 0.6 is 11.8 Å². The number of carbonyl (C=O) groups excluding carboxylic acids is 1. The molecule has 0 aliphatic rings. The van der Waals surface area contributed by atoms with E-state index in [1.807, 2.05) is 6.92 Å². The summed E-state index contributed by atoms with van der Waals surface area (Å²) in [6.07, 6.45) is 8.16. The number of ether oxygens (including phenoxy) is 1. The van der Waals surface area contributed by atoms with E-state index < -0.39 is 0 Å². The van der Waals surface area contributed by atoms with Gasteiger partial charge >= 0.3 is 5.97 Å². The van der Waals surface area contributed by atoms with E-state index in [-0.39, 0.29) is 5.97 Å². The molecule has 0 radical (unpaired) electrons. The topological polar surface area (TPSA) is 67.9 Å². The molecule has 21 heavy (non-hydrogen) atoms. The number of H-pyrrole nitrogens is 1. The first-order valence-electron chi connectivity index (χ1n) is 7.96. The largest absolute Gasteiger partial charge is 0.466 e. The predicted octanol–water partition coefficient (Wildman–Crippen LogP) is 3.75. The van der Waals surface area contributed by atoms with Crippen molar-refractivity contribution in [2.24, 2.45) is 0 Å². The summed E-state index contributed by atoms with van der Waals surface area (Å²) in [5.41, 5.74) is 0. The van der Waals surface area contributed by atoms with Crippen LogP contribution in [-0.2, 0) is 16.0 Å². The lowest BCUT2D eigenvalue weighted by molar-refractivity contribution is -0.143. The van der Waals surface area contributed by atoms with Gasteiger partial charge in [0.25, 0.3) is 0 Å². The smallest absolute Gasteiger partial charge is 0.305 e. The summed E-state index contributed by atoms with van der Waals surface area (Å²) in [7, 11) is 0. The predicted molar refractivity (Wildman–Crippen MR) is 85.4 cm³/mol. The summed E-state index contributed by atoms with van der Waals surface area (Å²) < 4.78 is 4.89. The number of aromatic nitrogens is 3. The van der Waals surface area contributed by atoms with Crippen molar-refractivity contribution in [2.45, 2.75) is 70.4 Å². The van der Waals surface area contributed by atoms with Gasteiger partial charge in [-0.25, -0.2) is 4.98 Å². The molecule has 0 fully saturated rings. The monoisotopic (exact) mass is 313 g/mol. The van der Waals surface area contributed by atoms with E-state index in [2.05, 4.69) is 22.1 Å². The number of hydrogen-bond acceptors (Lipinski definition) is 5. The third-order valence-corrected chi connectivity index (χ3v) is 4.02. The highest BCUT2D eigenvalue weighted by molar-refractivity contribution is 7.99. The molecule has 0 bridgehead atoms. The maximum absolute atomic E-state index is 11.2. The molecule has 1 N–H and O–H groups in total. The molecule has 0 aromatic carbocycles. The quantitative estimate of drug-likeness (QED) is 0.361. The summed E-state index contributed by atoms with van der Waals surface area (Å²) in [5, 5.41) is 8.06. The van der Waals surface area contributed by atoms with Crippen LogP contribution in [0.5, 0.6) is 0 Å². The minimum Gasteiger partial charge on any atom is -0.466 e. The Labute approximate surface area is 131 Å². The van der Waals surface area contributed by atoms with Gasteiger partial charge in [-0.3, -0.25) is 9.89 Å². The number of rotatable bonds is 12. The second-order valence-corrected chi connectivity index (χ2v) is 6.05. The second kappa shape index (κ2) is 11.6. The Balaban J connectivity index is 2.03. The second-order valence-electron chi connectivity index (χ2n) is 4.99. The molecule has 6 heteroatoms. The van der Waals surface area contributed by atoms with E-state index in [1.165, 1.54) is 19.3 Å². The number of carbonyl (C=O) groups is 1. The molecular weight excluding hydrogens is 286 g/mol. The van der Waals surface area contributed by atoms with E-state index in [4.69, 9.17) is 4.74 Å². The number of esters is 1. The van der Waals surface area contributed by atoms with Crippen LogP contribution in [0.1, 0.15) is 64.6 Å². The van der Waals surface area contributed by atoms with E-state index in [0.717, 1.165) is 42.4 Å². The number of nitrogens with zero attached hydrogens (tertiary/aromatic N) is 2. The average molecular weight is 313 g/mol. The van der Waals surface area contributed by atoms with Crippen molar-refractivity contribution in [3.8, 4) is 0 Å². The first-order chi connectivity index (χ1) is 10.3. The Bertz CT molecular complexity index is 396. The van der Waals surface area contributed by atoms with Crippen molar-refractivity contribution < 1.29 is 9.53 Å². The fourth-order valence-electron chi connectivity index (χ4n) is 1.94. The molecule has 120 valence electrons. The maximum Gasteiger partial charge on any atom is 0.305 e. The zero-order chi connectivity index (χ0) is 15.3. The minimum absolute atomic E-state index is 0.0872. The minimum atomic E-state index is -0.0872. The fraction of sp³-hybridized carbons (Fsp3) is 0.800. The van der Waals surface area contributed by atoms with Crippen LogP contribution in [0.15, 0.2) is 5.16 Å². The molecule has 1 aromatic rings. The first kappa shape index (κ1) is 18.0. The molecule has 1 heterocycles. The molecule has 1 aromatic heterocycles. The van der Waals surface area contributed by atoms with E-state index in [9.17, 15) is 4.79 Å². The molecule has 0 spiro atoms. The number of hydrogen-bond donors (Lipinski definition) is 1. The van der Waals surface area contributed by atoms with Crippen LogP contribution in [-0.4, -0.2) is 33.5 Å². The van der Waals surface area contributed by atoms with Crippen LogP contribution in [0.3, 0.4) is 0 Å². The number of aryl methyl sites for hydroxylation is 1. The molecule has 0 saturated carbocycles.